The van der Waals surface area contributed by atoms with Crippen LogP contribution in [0.3, 0.4) is 0 Å². The molecule has 0 unspecified atom stereocenters. The van der Waals surface area contributed by atoms with E-state index in [0.717, 1.165) is 16.5 Å². The van der Waals surface area contributed by atoms with E-state index in [9.17, 15) is 9.90 Å². The summed E-state index contributed by atoms with van der Waals surface area (Å²) >= 11 is 0. The van der Waals surface area contributed by atoms with E-state index < -0.39 is 5.97 Å². The monoisotopic (exact) mass is 331 g/mol. The molecule has 0 aliphatic rings. The molecule has 2 aromatic heterocycles. The van der Waals surface area contributed by atoms with Gasteiger partial charge in [0, 0.05) is 10.8 Å². The number of furan rings is 1. The standard InChI is InChI=1S/C21H17NO3/c1-12(2)14-7-5-8-15-16(21(23)24)11-17(22-20(14)15)19-10-13-6-3-4-9-18(13)25-19/h3-12H,1-2H3,(H,23,24). The lowest BCUT2D eigenvalue weighted by Crippen LogP contribution is -2.02. The van der Waals surface area contributed by atoms with E-state index in [4.69, 9.17) is 9.40 Å². The fourth-order valence-corrected chi connectivity index (χ4v) is 3.15. The van der Waals surface area contributed by atoms with Crippen LogP contribution in [0.5, 0.6) is 0 Å². The molecule has 0 aliphatic heterocycles. The van der Waals surface area contributed by atoms with Crippen LogP contribution in [0, 0.1) is 0 Å². The minimum Gasteiger partial charge on any atom is -0.478 e. The lowest BCUT2D eigenvalue weighted by Gasteiger charge is -2.12. The molecule has 4 nitrogen and oxygen atoms in total. The quantitative estimate of drug-likeness (QED) is 0.540. The maximum absolute atomic E-state index is 11.8. The van der Waals surface area contributed by atoms with Gasteiger partial charge in [-0.05, 0) is 29.7 Å². The molecule has 0 radical (unpaired) electrons. The maximum Gasteiger partial charge on any atom is 0.336 e. The van der Waals surface area contributed by atoms with Crippen molar-refractivity contribution in [1.82, 2.24) is 4.98 Å². The first kappa shape index (κ1) is 15.4. The summed E-state index contributed by atoms with van der Waals surface area (Å²) in [4.78, 5) is 16.5. The summed E-state index contributed by atoms with van der Waals surface area (Å²) in [6.45, 7) is 4.15. The molecule has 0 saturated carbocycles. The Kier molecular flexibility index (Phi) is 3.53. The first-order chi connectivity index (χ1) is 12.0. The predicted octanol–water partition coefficient (Wildman–Crippen LogP) is 5.47. The molecule has 4 rings (SSSR count). The number of aromatic nitrogens is 1. The fourth-order valence-electron chi connectivity index (χ4n) is 3.15. The molecule has 0 bridgehead atoms. The Bertz CT molecular complexity index is 1080. The number of carboxylic acids is 1. The minimum absolute atomic E-state index is 0.239. The van der Waals surface area contributed by atoms with Crippen molar-refractivity contribution in [2.75, 3.05) is 0 Å². The number of para-hydroxylation sites is 2. The van der Waals surface area contributed by atoms with Crippen LogP contribution in [-0.2, 0) is 0 Å². The number of pyridine rings is 1. The van der Waals surface area contributed by atoms with Gasteiger partial charge < -0.3 is 9.52 Å². The molecule has 0 spiro atoms. The zero-order valence-corrected chi connectivity index (χ0v) is 14.0. The average molecular weight is 331 g/mol. The van der Waals surface area contributed by atoms with E-state index in [1.165, 1.54) is 0 Å². The highest BCUT2D eigenvalue weighted by molar-refractivity contribution is 6.04. The summed E-state index contributed by atoms with van der Waals surface area (Å²) in [5, 5.41) is 11.3. The Morgan fingerprint density at radius 1 is 1.08 bits per heavy atom. The van der Waals surface area contributed by atoms with Crippen LogP contribution in [0.15, 0.2) is 59.0 Å². The van der Waals surface area contributed by atoms with Crippen molar-refractivity contribution >= 4 is 27.8 Å². The van der Waals surface area contributed by atoms with Gasteiger partial charge in [-0.2, -0.15) is 0 Å². The Morgan fingerprint density at radius 3 is 2.60 bits per heavy atom. The second-order valence-electron chi connectivity index (χ2n) is 6.41. The number of fused-ring (bicyclic) bond motifs is 2. The van der Waals surface area contributed by atoms with Gasteiger partial charge in [-0.3, -0.25) is 0 Å². The van der Waals surface area contributed by atoms with Crippen LogP contribution < -0.4 is 0 Å². The van der Waals surface area contributed by atoms with E-state index in [-0.39, 0.29) is 11.5 Å². The zero-order valence-electron chi connectivity index (χ0n) is 14.0. The molecule has 4 heteroatoms. The summed E-state index contributed by atoms with van der Waals surface area (Å²) in [5.41, 5.74) is 3.27. The van der Waals surface area contributed by atoms with Crippen LogP contribution in [0.25, 0.3) is 33.3 Å². The molecule has 0 atom stereocenters. The van der Waals surface area contributed by atoms with E-state index in [1.807, 2.05) is 42.5 Å². The first-order valence-electron chi connectivity index (χ1n) is 8.20. The second-order valence-corrected chi connectivity index (χ2v) is 6.41. The van der Waals surface area contributed by atoms with Crippen molar-refractivity contribution in [2.45, 2.75) is 19.8 Å². The maximum atomic E-state index is 11.8. The van der Waals surface area contributed by atoms with Crippen LogP contribution in [-0.4, -0.2) is 16.1 Å². The average Bonchev–Trinajstić information content (AvgIpc) is 3.04. The van der Waals surface area contributed by atoms with Crippen LogP contribution in [0.4, 0.5) is 0 Å². The van der Waals surface area contributed by atoms with Crippen molar-refractivity contribution in [3.63, 3.8) is 0 Å². The molecule has 124 valence electrons. The molecule has 4 aromatic rings. The van der Waals surface area contributed by atoms with Gasteiger partial charge in [0.05, 0.1) is 11.1 Å². The fraction of sp³-hybridized carbons (Fsp3) is 0.143. The van der Waals surface area contributed by atoms with Crippen molar-refractivity contribution < 1.29 is 14.3 Å². The lowest BCUT2D eigenvalue weighted by molar-refractivity contribution is 0.0699. The van der Waals surface area contributed by atoms with Crippen LogP contribution >= 0.6 is 0 Å². The number of hydrogen-bond donors (Lipinski definition) is 1. The van der Waals surface area contributed by atoms with Gasteiger partial charge in [-0.1, -0.05) is 50.2 Å². The number of rotatable bonds is 3. The zero-order chi connectivity index (χ0) is 17.6. The number of carboxylic acid groups (broad SMARTS) is 1. The Morgan fingerprint density at radius 2 is 1.88 bits per heavy atom. The second kappa shape index (κ2) is 5.74. The molecule has 1 N–H and O–H groups in total. The third-order valence-corrected chi connectivity index (χ3v) is 4.40. The van der Waals surface area contributed by atoms with Gasteiger partial charge in [-0.15, -0.1) is 0 Å². The highest BCUT2D eigenvalue weighted by Gasteiger charge is 2.18. The van der Waals surface area contributed by atoms with Crippen molar-refractivity contribution in [3.05, 3.63) is 65.7 Å². The van der Waals surface area contributed by atoms with Gasteiger partial charge in [0.25, 0.3) is 0 Å². The Labute approximate surface area is 144 Å². The number of carbonyl (C=O) groups is 1. The lowest BCUT2D eigenvalue weighted by atomic mass is 9.97. The SMILES string of the molecule is CC(C)c1cccc2c(C(=O)O)cc(-c3cc4ccccc4o3)nc12. The third kappa shape index (κ3) is 2.56. The van der Waals surface area contributed by atoms with Gasteiger partial charge in [0.1, 0.15) is 11.3 Å². The topological polar surface area (TPSA) is 63.3 Å². The van der Waals surface area contributed by atoms with E-state index in [2.05, 4.69) is 13.8 Å². The smallest absolute Gasteiger partial charge is 0.336 e. The summed E-state index contributed by atoms with van der Waals surface area (Å²) in [6, 6.07) is 16.9. The van der Waals surface area contributed by atoms with Gasteiger partial charge in [-0.25, -0.2) is 9.78 Å². The number of hydrogen-bond acceptors (Lipinski definition) is 3. The Balaban J connectivity index is 2.04. The molecule has 25 heavy (non-hydrogen) atoms. The minimum atomic E-state index is -0.967. The molecular formula is C21H17NO3. The van der Waals surface area contributed by atoms with Crippen LogP contribution in [0.2, 0.25) is 0 Å². The highest BCUT2D eigenvalue weighted by atomic mass is 16.4. The van der Waals surface area contributed by atoms with E-state index in [1.54, 1.807) is 12.1 Å². The van der Waals surface area contributed by atoms with E-state index >= 15 is 0 Å². The van der Waals surface area contributed by atoms with Crippen molar-refractivity contribution in [3.8, 4) is 11.5 Å². The summed E-state index contributed by atoms with van der Waals surface area (Å²) in [5.74, 6) is -0.154. The molecule has 0 amide bonds. The summed E-state index contributed by atoms with van der Waals surface area (Å²) in [6.07, 6.45) is 0. The highest BCUT2D eigenvalue weighted by Crippen LogP contribution is 2.32. The largest absolute Gasteiger partial charge is 0.478 e. The predicted molar refractivity (Wildman–Crippen MR) is 98.0 cm³/mol. The summed E-state index contributed by atoms with van der Waals surface area (Å²) in [7, 11) is 0. The molecular weight excluding hydrogens is 314 g/mol. The van der Waals surface area contributed by atoms with Gasteiger partial charge in [0.15, 0.2) is 5.76 Å². The molecule has 0 aliphatic carbocycles. The molecule has 0 fully saturated rings. The number of aromatic carboxylic acids is 1. The van der Waals surface area contributed by atoms with Crippen molar-refractivity contribution in [1.29, 1.82) is 0 Å². The molecule has 2 heterocycles. The normalized spacial score (nSPS) is 11.5. The van der Waals surface area contributed by atoms with Gasteiger partial charge in [0.2, 0.25) is 0 Å². The number of nitrogens with zero attached hydrogens (tertiary/aromatic N) is 1. The van der Waals surface area contributed by atoms with Crippen molar-refractivity contribution in [2.24, 2.45) is 0 Å². The first-order valence-corrected chi connectivity index (χ1v) is 8.20. The summed E-state index contributed by atoms with van der Waals surface area (Å²) < 4.78 is 5.88. The molecule has 0 saturated heterocycles. The Hall–Kier alpha value is -3.14. The van der Waals surface area contributed by atoms with E-state index in [0.29, 0.717) is 22.4 Å². The number of benzene rings is 2. The molecule has 2 aromatic carbocycles. The van der Waals surface area contributed by atoms with Crippen LogP contribution in [0.1, 0.15) is 35.7 Å². The third-order valence-electron chi connectivity index (χ3n) is 4.40. The van der Waals surface area contributed by atoms with Gasteiger partial charge >= 0.3 is 5.97 Å².